The molecule has 7 heteroatoms. The largest absolute Gasteiger partial charge is 0.309 e. The third-order valence-corrected chi connectivity index (χ3v) is 5.51. The van der Waals surface area contributed by atoms with E-state index in [2.05, 4.69) is 11.4 Å². The lowest BCUT2D eigenvalue weighted by atomic mass is 10.1. The van der Waals surface area contributed by atoms with Crippen LogP contribution in [0.1, 0.15) is 23.3 Å². The molecule has 1 saturated heterocycles. The molecule has 0 atom stereocenters. The first-order valence-corrected chi connectivity index (χ1v) is 8.88. The Bertz CT molecular complexity index is 566. The third kappa shape index (κ3) is 4.01. The van der Waals surface area contributed by atoms with Gasteiger partial charge < -0.3 is 5.32 Å². The van der Waals surface area contributed by atoms with E-state index >= 15 is 0 Å². The lowest BCUT2D eigenvalue weighted by Crippen LogP contribution is -2.44. The molecule has 0 spiro atoms. The Morgan fingerprint density at radius 1 is 1.53 bits per heavy atom. The molecule has 1 N–H and O–H groups in total. The Balaban J connectivity index is 1.79. The summed E-state index contributed by atoms with van der Waals surface area (Å²) in [5.41, 5.74) is 0.702. The number of rotatable bonds is 4. The van der Waals surface area contributed by atoms with Crippen LogP contribution >= 0.6 is 11.3 Å². The summed E-state index contributed by atoms with van der Waals surface area (Å²) in [6.45, 7) is 1.92. The number of sulfonamides is 1. The number of nitrogens with one attached hydrogen (secondary N) is 1. The summed E-state index contributed by atoms with van der Waals surface area (Å²) in [5.74, 6) is 0. The first-order chi connectivity index (χ1) is 8.99. The highest BCUT2D eigenvalue weighted by atomic mass is 32.2. The van der Waals surface area contributed by atoms with E-state index in [1.807, 2.05) is 11.4 Å². The fourth-order valence-corrected chi connectivity index (χ4v) is 3.80. The average molecular weight is 299 g/mol. The minimum absolute atomic E-state index is 0.352. The molecule has 1 aliphatic heterocycles. The second kappa shape index (κ2) is 6.01. The molecule has 0 saturated carbocycles. The van der Waals surface area contributed by atoms with Crippen LogP contribution in [0.25, 0.3) is 0 Å². The van der Waals surface area contributed by atoms with Crippen LogP contribution in [0.15, 0.2) is 11.4 Å². The van der Waals surface area contributed by atoms with Gasteiger partial charge in [0.25, 0.3) is 0 Å². The summed E-state index contributed by atoms with van der Waals surface area (Å²) in [6.07, 6.45) is 2.93. The molecule has 0 bridgehead atoms. The molecule has 0 aromatic carbocycles. The van der Waals surface area contributed by atoms with Gasteiger partial charge in [0, 0.05) is 35.9 Å². The maximum absolute atomic E-state index is 11.4. The minimum Gasteiger partial charge on any atom is -0.309 e. The van der Waals surface area contributed by atoms with Crippen molar-refractivity contribution >= 4 is 21.4 Å². The van der Waals surface area contributed by atoms with Gasteiger partial charge in [0.1, 0.15) is 6.07 Å². The van der Waals surface area contributed by atoms with Crippen LogP contribution in [-0.2, 0) is 16.6 Å². The van der Waals surface area contributed by atoms with Crippen LogP contribution in [0.5, 0.6) is 0 Å². The van der Waals surface area contributed by atoms with Crippen molar-refractivity contribution in [3.63, 3.8) is 0 Å². The molecule has 1 aromatic heterocycles. The van der Waals surface area contributed by atoms with Crippen molar-refractivity contribution in [2.75, 3.05) is 19.3 Å². The van der Waals surface area contributed by atoms with Crippen LogP contribution in [-0.4, -0.2) is 38.1 Å². The van der Waals surface area contributed by atoms with Crippen LogP contribution in [0, 0.1) is 11.3 Å². The maximum Gasteiger partial charge on any atom is 0.211 e. The Kier molecular flexibility index (Phi) is 4.58. The van der Waals surface area contributed by atoms with E-state index in [0.717, 1.165) is 24.3 Å². The van der Waals surface area contributed by atoms with E-state index in [1.165, 1.54) is 10.6 Å². The molecule has 1 aliphatic rings. The second-order valence-corrected chi connectivity index (χ2v) is 7.71. The van der Waals surface area contributed by atoms with Crippen molar-refractivity contribution in [2.24, 2.45) is 0 Å². The molecule has 2 rings (SSSR count). The fourth-order valence-electron chi connectivity index (χ4n) is 2.17. The van der Waals surface area contributed by atoms with Gasteiger partial charge in [-0.15, -0.1) is 11.3 Å². The Morgan fingerprint density at radius 3 is 2.74 bits per heavy atom. The van der Waals surface area contributed by atoms with Crippen molar-refractivity contribution in [3.05, 3.63) is 21.9 Å². The quantitative estimate of drug-likeness (QED) is 0.904. The van der Waals surface area contributed by atoms with Gasteiger partial charge in [-0.05, 0) is 18.9 Å². The SMILES string of the molecule is CS(=O)(=O)N1CCC(NCc2cc(C#N)cs2)CC1. The van der Waals surface area contributed by atoms with Crippen molar-refractivity contribution in [1.29, 1.82) is 5.26 Å². The second-order valence-electron chi connectivity index (χ2n) is 4.73. The highest BCUT2D eigenvalue weighted by Crippen LogP contribution is 2.16. The lowest BCUT2D eigenvalue weighted by molar-refractivity contribution is 0.290. The van der Waals surface area contributed by atoms with Gasteiger partial charge in [-0.1, -0.05) is 0 Å². The van der Waals surface area contributed by atoms with Gasteiger partial charge in [0.15, 0.2) is 0 Å². The molecule has 0 amide bonds. The van der Waals surface area contributed by atoms with Gasteiger partial charge in [0.2, 0.25) is 10.0 Å². The number of thiophene rings is 1. The monoisotopic (exact) mass is 299 g/mol. The number of piperidine rings is 1. The van der Waals surface area contributed by atoms with E-state index in [-0.39, 0.29) is 0 Å². The van der Waals surface area contributed by atoms with Crippen LogP contribution in [0.2, 0.25) is 0 Å². The predicted molar refractivity (Wildman–Crippen MR) is 75.3 cm³/mol. The van der Waals surface area contributed by atoms with Crippen molar-refractivity contribution in [2.45, 2.75) is 25.4 Å². The van der Waals surface area contributed by atoms with E-state index in [0.29, 0.717) is 24.7 Å². The molecule has 0 aliphatic carbocycles. The molecule has 0 unspecified atom stereocenters. The number of nitrogens with zero attached hydrogens (tertiary/aromatic N) is 2. The van der Waals surface area contributed by atoms with Crippen molar-refractivity contribution in [1.82, 2.24) is 9.62 Å². The Labute approximate surface area is 117 Å². The van der Waals surface area contributed by atoms with Gasteiger partial charge >= 0.3 is 0 Å². The van der Waals surface area contributed by atoms with Crippen molar-refractivity contribution < 1.29 is 8.42 Å². The normalized spacial score (nSPS) is 18.3. The van der Waals surface area contributed by atoms with E-state index in [4.69, 9.17) is 5.26 Å². The molecule has 1 fully saturated rings. The smallest absolute Gasteiger partial charge is 0.211 e. The fraction of sp³-hybridized carbons (Fsp3) is 0.583. The van der Waals surface area contributed by atoms with E-state index in [1.54, 1.807) is 11.3 Å². The summed E-state index contributed by atoms with van der Waals surface area (Å²) in [7, 11) is -3.04. The Hall–Kier alpha value is -0.940. The molecule has 5 nitrogen and oxygen atoms in total. The minimum atomic E-state index is -3.04. The number of hydrogen-bond donors (Lipinski definition) is 1. The topological polar surface area (TPSA) is 73.2 Å². The van der Waals surface area contributed by atoms with E-state index < -0.39 is 10.0 Å². The number of hydrogen-bond acceptors (Lipinski definition) is 5. The summed E-state index contributed by atoms with van der Waals surface area (Å²) in [4.78, 5) is 1.14. The first kappa shape index (κ1) is 14.5. The molecule has 1 aromatic rings. The van der Waals surface area contributed by atoms with Crippen LogP contribution < -0.4 is 5.32 Å². The summed E-state index contributed by atoms with van der Waals surface area (Å²) >= 11 is 1.58. The molecular formula is C12H17N3O2S2. The molecule has 19 heavy (non-hydrogen) atoms. The highest BCUT2D eigenvalue weighted by molar-refractivity contribution is 7.88. The first-order valence-electron chi connectivity index (χ1n) is 6.15. The Morgan fingerprint density at radius 2 is 2.21 bits per heavy atom. The van der Waals surface area contributed by atoms with Gasteiger partial charge in [-0.25, -0.2) is 12.7 Å². The molecule has 2 heterocycles. The number of nitriles is 1. The standard InChI is InChI=1S/C12H17N3O2S2/c1-19(16,17)15-4-2-11(3-5-15)14-8-12-6-10(7-13)9-18-12/h6,9,11,14H,2-5,8H2,1H3. The lowest BCUT2D eigenvalue weighted by Gasteiger charge is -2.30. The zero-order valence-corrected chi connectivity index (χ0v) is 12.4. The van der Waals surface area contributed by atoms with Gasteiger partial charge in [0.05, 0.1) is 11.8 Å². The van der Waals surface area contributed by atoms with Crippen molar-refractivity contribution in [3.8, 4) is 6.07 Å². The highest BCUT2D eigenvalue weighted by Gasteiger charge is 2.24. The molecule has 104 valence electrons. The zero-order valence-electron chi connectivity index (χ0n) is 10.8. The third-order valence-electron chi connectivity index (χ3n) is 3.27. The predicted octanol–water partition coefficient (Wildman–Crippen LogP) is 1.13. The molecular weight excluding hydrogens is 282 g/mol. The van der Waals surface area contributed by atoms with Crippen LogP contribution in [0.3, 0.4) is 0 Å². The van der Waals surface area contributed by atoms with E-state index in [9.17, 15) is 8.42 Å². The van der Waals surface area contributed by atoms with Gasteiger partial charge in [-0.2, -0.15) is 5.26 Å². The zero-order chi connectivity index (χ0) is 13.9. The summed E-state index contributed by atoms with van der Waals surface area (Å²) in [6, 6.07) is 4.36. The summed E-state index contributed by atoms with van der Waals surface area (Å²) < 4.78 is 24.3. The average Bonchev–Trinajstić information content (AvgIpc) is 2.84. The summed E-state index contributed by atoms with van der Waals surface area (Å²) in [5, 5.41) is 14.0. The molecule has 0 radical (unpaired) electrons. The maximum atomic E-state index is 11.4. The van der Waals surface area contributed by atoms with Crippen LogP contribution in [0.4, 0.5) is 0 Å². The van der Waals surface area contributed by atoms with Gasteiger partial charge in [-0.3, -0.25) is 0 Å².